The molecule has 0 atom stereocenters. The van der Waals surface area contributed by atoms with Gasteiger partial charge in [-0.05, 0) is 18.4 Å². The summed E-state index contributed by atoms with van der Waals surface area (Å²) in [7, 11) is 0. The van der Waals surface area contributed by atoms with E-state index in [1.807, 2.05) is 0 Å². The summed E-state index contributed by atoms with van der Waals surface area (Å²) in [5.74, 6) is 1.15. The number of rotatable bonds is 3. The average molecular weight is 296 g/mol. The van der Waals surface area contributed by atoms with Gasteiger partial charge in [0.05, 0.1) is 0 Å². The van der Waals surface area contributed by atoms with Crippen molar-refractivity contribution in [1.29, 1.82) is 0 Å². The summed E-state index contributed by atoms with van der Waals surface area (Å²) in [4.78, 5) is 18.1. The summed E-state index contributed by atoms with van der Waals surface area (Å²) in [5.41, 5.74) is 3.85. The number of aromatic amines is 1. The fourth-order valence-corrected chi connectivity index (χ4v) is 4.16. The van der Waals surface area contributed by atoms with Gasteiger partial charge < -0.3 is 9.88 Å². The predicted molar refractivity (Wildman–Crippen MR) is 88.6 cm³/mol. The van der Waals surface area contributed by atoms with Crippen molar-refractivity contribution in [1.82, 2.24) is 9.88 Å². The molecule has 116 valence electrons. The molecule has 1 fully saturated rings. The zero-order valence-corrected chi connectivity index (χ0v) is 13.1. The highest BCUT2D eigenvalue weighted by Crippen LogP contribution is 2.30. The van der Waals surface area contributed by atoms with Gasteiger partial charge in [-0.2, -0.15) is 0 Å². The monoisotopic (exact) mass is 296 g/mol. The van der Waals surface area contributed by atoms with Crippen molar-refractivity contribution in [2.45, 2.75) is 51.5 Å². The highest BCUT2D eigenvalue weighted by Gasteiger charge is 2.24. The number of amides is 1. The molecule has 0 spiro atoms. The van der Waals surface area contributed by atoms with Gasteiger partial charge in [0, 0.05) is 48.1 Å². The van der Waals surface area contributed by atoms with Gasteiger partial charge in [0.1, 0.15) is 0 Å². The third-order valence-electron chi connectivity index (χ3n) is 5.48. The second kappa shape index (κ2) is 5.79. The summed E-state index contributed by atoms with van der Waals surface area (Å²) in [6, 6.07) is 8.43. The van der Waals surface area contributed by atoms with Gasteiger partial charge >= 0.3 is 0 Å². The molecule has 1 aromatic carbocycles. The lowest BCUT2D eigenvalue weighted by molar-refractivity contribution is -0.132. The van der Waals surface area contributed by atoms with E-state index in [2.05, 4.69) is 34.1 Å². The maximum absolute atomic E-state index is 12.5. The molecule has 4 rings (SSSR count). The first-order valence-electron chi connectivity index (χ1n) is 8.67. The van der Waals surface area contributed by atoms with Crippen molar-refractivity contribution < 1.29 is 4.79 Å². The van der Waals surface area contributed by atoms with Crippen LogP contribution in [0.1, 0.15) is 49.8 Å². The maximum atomic E-state index is 12.5. The Bertz CT molecular complexity index is 682. The van der Waals surface area contributed by atoms with E-state index in [4.69, 9.17) is 0 Å². The van der Waals surface area contributed by atoms with Crippen LogP contribution in [0.3, 0.4) is 0 Å². The standard InChI is InChI=1S/C19H24N2O/c22-19(10-9-14-5-1-2-6-14)21-12-11-18-16(13-21)15-7-3-4-8-17(15)20-18/h3-4,7-8,14,20H,1-2,5-6,9-13H2. The van der Waals surface area contributed by atoms with Gasteiger partial charge in [-0.25, -0.2) is 0 Å². The molecule has 0 radical (unpaired) electrons. The Morgan fingerprint density at radius 3 is 2.91 bits per heavy atom. The number of fused-ring (bicyclic) bond motifs is 3. The first-order chi connectivity index (χ1) is 10.8. The minimum atomic E-state index is 0.350. The zero-order chi connectivity index (χ0) is 14.9. The van der Waals surface area contributed by atoms with Crippen LogP contribution in [0.5, 0.6) is 0 Å². The number of nitrogens with one attached hydrogen (secondary N) is 1. The van der Waals surface area contributed by atoms with Gasteiger partial charge in [-0.15, -0.1) is 0 Å². The van der Waals surface area contributed by atoms with Gasteiger partial charge in [0.2, 0.25) is 5.91 Å². The predicted octanol–water partition coefficient (Wildman–Crippen LogP) is 4.02. The Balaban J connectivity index is 1.45. The van der Waals surface area contributed by atoms with Crippen LogP contribution < -0.4 is 0 Å². The van der Waals surface area contributed by atoms with E-state index in [0.29, 0.717) is 5.91 Å². The van der Waals surface area contributed by atoms with Crippen LogP contribution in [0.2, 0.25) is 0 Å². The molecule has 2 aliphatic rings. The first kappa shape index (κ1) is 13.9. The van der Waals surface area contributed by atoms with Crippen molar-refractivity contribution in [3.63, 3.8) is 0 Å². The number of H-pyrrole nitrogens is 1. The number of carbonyl (C=O) groups excluding carboxylic acids is 1. The lowest BCUT2D eigenvalue weighted by Crippen LogP contribution is -2.35. The number of aromatic nitrogens is 1. The molecular weight excluding hydrogens is 272 g/mol. The summed E-state index contributed by atoms with van der Waals surface area (Å²) < 4.78 is 0. The molecule has 2 aromatic rings. The van der Waals surface area contributed by atoms with Crippen molar-refractivity contribution in [3.05, 3.63) is 35.5 Å². The summed E-state index contributed by atoms with van der Waals surface area (Å²) in [5, 5.41) is 1.28. The van der Waals surface area contributed by atoms with Crippen LogP contribution in [0.4, 0.5) is 0 Å². The normalized spacial score (nSPS) is 18.8. The highest BCUT2D eigenvalue weighted by molar-refractivity contribution is 5.86. The van der Waals surface area contributed by atoms with E-state index >= 15 is 0 Å². The summed E-state index contributed by atoms with van der Waals surface area (Å²) in [6.07, 6.45) is 8.18. The lowest BCUT2D eigenvalue weighted by atomic mass is 10.00. The highest BCUT2D eigenvalue weighted by atomic mass is 16.2. The minimum Gasteiger partial charge on any atom is -0.358 e. The van der Waals surface area contributed by atoms with Crippen molar-refractivity contribution >= 4 is 16.8 Å². The average Bonchev–Trinajstić information content (AvgIpc) is 3.19. The third-order valence-corrected chi connectivity index (χ3v) is 5.48. The molecule has 1 saturated carbocycles. The molecule has 1 aliphatic carbocycles. The third kappa shape index (κ3) is 2.53. The maximum Gasteiger partial charge on any atom is 0.222 e. The second-order valence-electron chi connectivity index (χ2n) is 6.88. The first-order valence-corrected chi connectivity index (χ1v) is 8.67. The largest absolute Gasteiger partial charge is 0.358 e. The summed E-state index contributed by atoms with van der Waals surface area (Å²) >= 11 is 0. The SMILES string of the molecule is O=C(CCC1CCCC1)N1CCc2[nH]c3ccccc3c2C1. The number of benzene rings is 1. The number of para-hydroxylation sites is 1. The number of hydrogen-bond donors (Lipinski definition) is 1. The molecule has 1 aromatic heterocycles. The molecule has 3 heteroatoms. The molecule has 1 aliphatic heterocycles. The van der Waals surface area contributed by atoms with E-state index < -0.39 is 0 Å². The smallest absolute Gasteiger partial charge is 0.222 e. The molecule has 0 bridgehead atoms. The fraction of sp³-hybridized carbons (Fsp3) is 0.526. The van der Waals surface area contributed by atoms with Crippen LogP contribution in [0.15, 0.2) is 24.3 Å². The topological polar surface area (TPSA) is 36.1 Å². The molecule has 0 unspecified atom stereocenters. The molecule has 22 heavy (non-hydrogen) atoms. The number of hydrogen-bond acceptors (Lipinski definition) is 1. The second-order valence-corrected chi connectivity index (χ2v) is 6.88. The van der Waals surface area contributed by atoms with Gasteiger partial charge in [0.25, 0.3) is 0 Å². The van der Waals surface area contributed by atoms with E-state index in [1.165, 1.54) is 47.8 Å². The van der Waals surface area contributed by atoms with Gasteiger partial charge in [0.15, 0.2) is 0 Å². The molecule has 1 amide bonds. The van der Waals surface area contributed by atoms with E-state index in [9.17, 15) is 4.79 Å². The fourth-order valence-electron chi connectivity index (χ4n) is 4.16. The Labute approximate surface area is 131 Å². The minimum absolute atomic E-state index is 0.350. The van der Waals surface area contributed by atoms with E-state index in [1.54, 1.807) is 0 Å². The molecule has 3 nitrogen and oxygen atoms in total. The number of nitrogens with zero attached hydrogens (tertiary/aromatic N) is 1. The lowest BCUT2D eigenvalue weighted by Gasteiger charge is -2.27. The van der Waals surface area contributed by atoms with Gasteiger partial charge in [-0.1, -0.05) is 43.9 Å². The Morgan fingerprint density at radius 2 is 2.05 bits per heavy atom. The molecule has 1 N–H and O–H groups in total. The van der Waals surface area contributed by atoms with Crippen molar-refractivity contribution in [2.24, 2.45) is 5.92 Å². The van der Waals surface area contributed by atoms with Crippen LogP contribution in [0.25, 0.3) is 10.9 Å². The van der Waals surface area contributed by atoms with Crippen LogP contribution >= 0.6 is 0 Å². The van der Waals surface area contributed by atoms with Crippen molar-refractivity contribution in [2.75, 3.05) is 6.54 Å². The molecule has 0 saturated heterocycles. The van der Waals surface area contributed by atoms with Crippen molar-refractivity contribution in [3.8, 4) is 0 Å². The van der Waals surface area contributed by atoms with Crippen LogP contribution in [-0.2, 0) is 17.8 Å². The Hall–Kier alpha value is -1.77. The van der Waals surface area contributed by atoms with Crippen LogP contribution in [0, 0.1) is 5.92 Å². The van der Waals surface area contributed by atoms with Gasteiger partial charge in [-0.3, -0.25) is 4.79 Å². The zero-order valence-electron chi connectivity index (χ0n) is 13.1. The summed E-state index contributed by atoms with van der Waals surface area (Å²) in [6.45, 7) is 1.65. The molecular formula is C19H24N2O. The Morgan fingerprint density at radius 1 is 1.23 bits per heavy atom. The van der Waals surface area contributed by atoms with E-state index in [-0.39, 0.29) is 0 Å². The number of carbonyl (C=O) groups is 1. The quantitative estimate of drug-likeness (QED) is 0.912. The van der Waals surface area contributed by atoms with E-state index in [0.717, 1.165) is 38.3 Å². The molecule has 2 heterocycles. The van der Waals surface area contributed by atoms with Crippen LogP contribution in [-0.4, -0.2) is 22.3 Å². The Kier molecular flexibility index (Phi) is 3.65.